The maximum Gasteiger partial charge on any atom is 0.0599 e. The Morgan fingerprint density at radius 2 is 1.73 bits per heavy atom. The van der Waals surface area contributed by atoms with Gasteiger partial charge in [-0.1, -0.05) is 39.5 Å². The van der Waals surface area contributed by atoms with Crippen LogP contribution in [0.1, 0.15) is 58.8 Å². The lowest BCUT2D eigenvalue weighted by Gasteiger charge is -2.25. The zero-order valence-corrected chi connectivity index (χ0v) is 10.3. The van der Waals surface area contributed by atoms with Gasteiger partial charge in [0.25, 0.3) is 0 Å². The summed E-state index contributed by atoms with van der Waals surface area (Å²) in [5, 5.41) is 10.4. The van der Waals surface area contributed by atoms with E-state index in [2.05, 4.69) is 13.8 Å². The minimum absolute atomic E-state index is 0.0236. The van der Waals surface area contributed by atoms with E-state index in [1.165, 1.54) is 44.9 Å². The highest BCUT2D eigenvalue weighted by Crippen LogP contribution is 2.44. The van der Waals surface area contributed by atoms with Crippen LogP contribution in [0, 0.1) is 23.7 Å². The van der Waals surface area contributed by atoms with Gasteiger partial charge in [0, 0.05) is 0 Å². The van der Waals surface area contributed by atoms with E-state index < -0.39 is 0 Å². The molecule has 1 heteroatoms. The molecule has 1 N–H and O–H groups in total. The highest BCUT2D eigenvalue weighted by molar-refractivity contribution is 4.90. The monoisotopic (exact) mass is 210 g/mol. The molecular weight excluding hydrogens is 184 g/mol. The molecule has 0 aromatic rings. The number of aliphatic hydroxyl groups is 1. The van der Waals surface area contributed by atoms with Crippen LogP contribution in [-0.2, 0) is 0 Å². The van der Waals surface area contributed by atoms with Gasteiger partial charge in [-0.15, -0.1) is 0 Å². The van der Waals surface area contributed by atoms with Crippen LogP contribution < -0.4 is 0 Å². The Morgan fingerprint density at radius 3 is 2.33 bits per heavy atom. The normalized spacial score (nSPS) is 38.0. The summed E-state index contributed by atoms with van der Waals surface area (Å²) in [6, 6.07) is 0. The van der Waals surface area contributed by atoms with Crippen molar-refractivity contribution in [2.75, 3.05) is 0 Å². The Bertz CT molecular complexity index is 194. The van der Waals surface area contributed by atoms with Gasteiger partial charge in [0.1, 0.15) is 0 Å². The predicted octanol–water partition coefficient (Wildman–Crippen LogP) is 3.61. The van der Waals surface area contributed by atoms with Crippen LogP contribution >= 0.6 is 0 Å². The lowest BCUT2D eigenvalue weighted by molar-refractivity contribution is 0.0578. The molecule has 2 fully saturated rings. The molecule has 0 amide bonds. The quantitative estimate of drug-likeness (QED) is 0.754. The van der Waals surface area contributed by atoms with E-state index >= 15 is 0 Å². The summed E-state index contributed by atoms with van der Waals surface area (Å²) in [6.45, 7) is 4.55. The van der Waals surface area contributed by atoms with Gasteiger partial charge in [0.05, 0.1) is 6.10 Å². The fourth-order valence-corrected chi connectivity index (χ4v) is 3.86. The van der Waals surface area contributed by atoms with E-state index in [0.717, 1.165) is 11.8 Å². The average Bonchev–Trinajstić information content (AvgIpc) is 2.76. The summed E-state index contributed by atoms with van der Waals surface area (Å²) >= 11 is 0. The van der Waals surface area contributed by atoms with Crippen LogP contribution in [0.2, 0.25) is 0 Å². The van der Waals surface area contributed by atoms with Crippen LogP contribution in [0.15, 0.2) is 0 Å². The van der Waals surface area contributed by atoms with Crippen molar-refractivity contribution in [1.82, 2.24) is 0 Å². The molecule has 2 saturated carbocycles. The number of rotatable bonds is 3. The Labute approximate surface area is 94.3 Å². The van der Waals surface area contributed by atoms with E-state index in [9.17, 15) is 5.11 Å². The van der Waals surface area contributed by atoms with Crippen molar-refractivity contribution in [2.24, 2.45) is 23.7 Å². The average molecular weight is 210 g/mol. The van der Waals surface area contributed by atoms with Crippen LogP contribution in [0.25, 0.3) is 0 Å². The molecule has 88 valence electrons. The second-order valence-corrected chi connectivity index (χ2v) is 6.17. The molecule has 0 saturated heterocycles. The van der Waals surface area contributed by atoms with Gasteiger partial charge in [-0.3, -0.25) is 0 Å². The molecule has 0 aromatic heterocycles. The molecule has 0 bridgehead atoms. The first-order valence-corrected chi connectivity index (χ1v) is 6.86. The molecule has 3 unspecified atom stereocenters. The second kappa shape index (κ2) is 4.86. The first kappa shape index (κ1) is 11.4. The van der Waals surface area contributed by atoms with Crippen LogP contribution in [0.3, 0.4) is 0 Å². The number of aliphatic hydroxyl groups excluding tert-OH is 1. The second-order valence-electron chi connectivity index (χ2n) is 6.17. The lowest BCUT2D eigenvalue weighted by atomic mass is 9.85. The topological polar surface area (TPSA) is 20.2 Å². The Balaban J connectivity index is 1.88. The summed E-state index contributed by atoms with van der Waals surface area (Å²) in [5.74, 6) is 2.86. The van der Waals surface area contributed by atoms with E-state index in [-0.39, 0.29) is 6.10 Å². The SMILES string of the molecule is CC(C)CC1CCC(C2CCCC2)C1O. The van der Waals surface area contributed by atoms with Crippen LogP contribution in [0.4, 0.5) is 0 Å². The summed E-state index contributed by atoms with van der Waals surface area (Å²) in [5.41, 5.74) is 0. The smallest absolute Gasteiger partial charge is 0.0599 e. The Morgan fingerprint density at radius 1 is 1.07 bits per heavy atom. The first-order chi connectivity index (χ1) is 7.18. The molecular formula is C14H26O. The zero-order valence-electron chi connectivity index (χ0n) is 10.3. The largest absolute Gasteiger partial charge is 0.393 e. The minimum Gasteiger partial charge on any atom is -0.393 e. The molecule has 0 aliphatic heterocycles. The van der Waals surface area contributed by atoms with Crippen molar-refractivity contribution in [3.8, 4) is 0 Å². The van der Waals surface area contributed by atoms with Gasteiger partial charge < -0.3 is 5.11 Å². The summed E-state index contributed by atoms with van der Waals surface area (Å²) in [6.07, 6.45) is 9.40. The van der Waals surface area contributed by atoms with Crippen molar-refractivity contribution in [3.05, 3.63) is 0 Å². The van der Waals surface area contributed by atoms with Gasteiger partial charge in [0.2, 0.25) is 0 Å². The highest BCUT2D eigenvalue weighted by atomic mass is 16.3. The molecule has 0 aromatic carbocycles. The highest BCUT2D eigenvalue weighted by Gasteiger charge is 2.39. The molecule has 15 heavy (non-hydrogen) atoms. The molecule has 2 aliphatic carbocycles. The van der Waals surface area contributed by atoms with E-state index in [0.29, 0.717) is 11.8 Å². The van der Waals surface area contributed by atoms with Crippen molar-refractivity contribution in [2.45, 2.75) is 64.9 Å². The van der Waals surface area contributed by atoms with Gasteiger partial charge in [-0.05, 0) is 42.9 Å². The van der Waals surface area contributed by atoms with E-state index in [4.69, 9.17) is 0 Å². The molecule has 2 aliphatic rings. The molecule has 0 radical (unpaired) electrons. The van der Waals surface area contributed by atoms with Gasteiger partial charge in [-0.25, -0.2) is 0 Å². The van der Waals surface area contributed by atoms with Gasteiger partial charge >= 0.3 is 0 Å². The third-order valence-electron chi connectivity index (χ3n) is 4.57. The van der Waals surface area contributed by atoms with Crippen molar-refractivity contribution in [1.29, 1.82) is 0 Å². The third-order valence-corrected chi connectivity index (χ3v) is 4.57. The van der Waals surface area contributed by atoms with Gasteiger partial charge in [0.15, 0.2) is 0 Å². The summed E-state index contributed by atoms with van der Waals surface area (Å²) in [7, 11) is 0. The molecule has 2 rings (SSSR count). The van der Waals surface area contributed by atoms with Gasteiger partial charge in [-0.2, -0.15) is 0 Å². The van der Waals surface area contributed by atoms with Crippen molar-refractivity contribution in [3.63, 3.8) is 0 Å². The Hall–Kier alpha value is -0.0400. The Kier molecular flexibility index (Phi) is 3.71. The maximum absolute atomic E-state index is 10.4. The molecule has 0 spiro atoms. The van der Waals surface area contributed by atoms with Crippen LogP contribution in [0.5, 0.6) is 0 Å². The fourth-order valence-electron chi connectivity index (χ4n) is 3.86. The molecule has 1 nitrogen and oxygen atoms in total. The fraction of sp³-hybridized carbons (Fsp3) is 1.00. The molecule has 3 atom stereocenters. The first-order valence-electron chi connectivity index (χ1n) is 6.86. The predicted molar refractivity (Wildman–Crippen MR) is 63.6 cm³/mol. The third kappa shape index (κ3) is 2.55. The zero-order chi connectivity index (χ0) is 10.8. The molecule has 0 heterocycles. The summed E-state index contributed by atoms with van der Waals surface area (Å²) in [4.78, 5) is 0. The minimum atomic E-state index is 0.0236. The van der Waals surface area contributed by atoms with E-state index in [1.54, 1.807) is 0 Å². The van der Waals surface area contributed by atoms with E-state index in [1.807, 2.05) is 0 Å². The van der Waals surface area contributed by atoms with Crippen molar-refractivity contribution >= 4 is 0 Å². The number of hydrogen-bond acceptors (Lipinski definition) is 1. The van der Waals surface area contributed by atoms with Crippen molar-refractivity contribution < 1.29 is 5.11 Å². The summed E-state index contributed by atoms with van der Waals surface area (Å²) < 4.78 is 0. The van der Waals surface area contributed by atoms with Crippen LogP contribution in [-0.4, -0.2) is 11.2 Å². The number of hydrogen-bond donors (Lipinski definition) is 1. The maximum atomic E-state index is 10.4. The standard InChI is InChI=1S/C14H26O/c1-10(2)9-12-7-8-13(14(12)15)11-5-3-4-6-11/h10-15H,3-9H2,1-2H3. The lowest BCUT2D eigenvalue weighted by Crippen LogP contribution is -2.26.